The molecule has 1 atom stereocenters. The quantitative estimate of drug-likeness (QED) is 0.739. The topological polar surface area (TPSA) is 67.5 Å². The fraction of sp³-hybridized carbons (Fsp3) is 0.400. The molecule has 1 aromatic heterocycles. The molecule has 0 spiro atoms. The van der Waals surface area contributed by atoms with Crippen molar-refractivity contribution < 1.29 is 19.1 Å². The van der Waals surface area contributed by atoms with E-state index >= 15 is 0 Å². The molecule has 0 saturated heterocycles. The summed E-state index contributed by atoms with van der Waals surface area (Å²) in [6, 6.07) is 1.33. The van der Waals surface area contributed by atoms with E-state index in [0.29, 0.717) is 24.2 Å². The minimum Gasteiger partial charge on any atom is -0.475 e. The van der Waals surface area contributed by atoms with E-state index in [0.717, 1.165) is 0 Å². The second-order valence-electron chi connectivity index (χ2n) is 3.69. The summed E-state index contributed by atoms with van der Waals surface area (Å²) in [5.74, 6) is -0.527. The van der Waals surface area contributed by atoms with Gasteiger partial charge in [0, 0.05) is 18.9 Å². The van der Waals surface area contributed by atoms with E-state index in [-0.39, 0.29) is 17.5 Å². The molecule has 0 saturated carbocycles. The molecule has 0 aromatic carbocycles. The number of fused-ring (bicyclic) bond motifs is 1. The Kier molecular flexibility index (Phi) is 1.91. The molecule has 1 unspecified atom stereocenters. The second-order valence-corrected chi connectivity index (χ2v) is 3.69. The van der Waals surface area contributed by atoms with Crippen molar-refractivity contribution in [2.45, 2.75) is 19.8 Å². The van der Waals surface area contributed by atoms with Crippen molar-refractivity contribution in [2.75, 3.05) is 0 Å². The number of carbonyl (C=O) groups is 2. The Morgan fingerprint density at radius 2 is 2.29 bits per heavy atom. The van der Waals surface area contributed by atoms with Crippen LogP contribution in [0.5, 0.6) is 0 Å². The van der Waals surface area contributed by atoms with E-state index in [2.05, 4.69) is 0 Å². The smallest absolute Gasteiger partial charge is 0.371 e. The first-order chi connectivity index (χ1) is 6.58. The van der Waals surface area contributed by atoms with Gasteiger partial charge < -0.3 is 9.52 Å². The van der Waals surface area contributed by atoms with E-state index in [1.165, 1.54) is 6.07 Å². The highest BCUT2D eigenvalue weighted by atomic mass is 16.4. The molecular formula is C10H10O4. The van der Waals surface area contributed by atoms with Crippen LogP contribution < -0.4 is 0 Å². The lowest BCUT2D eigenvalue weighted by Crippen LogP contribution is -2.15. The molecule has 1 N–H and O–H groups in total. The summed E-state index contributed by atoms with van der Waals surface area (Å²) in [6.45, 7) is 1.95. The maximum absolute atomic E-state index is 11.5. The predicted octanol–water partition coefficient (Wildman–Crippen LogP) is 1.74. The van der Waals surface area contributed by atoms with Gasteiger partial charge in [-0.2, -0.15) is 0 Å². The van der Waals surface area contributed by atoms with Crippen molar-refractivity contribution in [3.05, 3.63) is 23.2 Å². The summed E-state index contributed by atoms with van der Waals surface area (Å²) < 4.78 is 5.09. The van der Waals surface area contributed by atoms with Crippen molar-refractivity contribution in [3.63, 3.8) is 0 Å². The zero-order valence-electron chi connectivity index (χ0n) is 7.74. The molecule has 74 valence electrons. The van der Waals surface area contributed by atoms with Crippen molar-refractivity contribution in [3.8, 4) is 0 Å². The van der Waals surface area contributed by atoms with E-state index in [1.54, 1.807) is 0 Å². The standard InChI is InChI=1S/C10H10O4/c1-5-2-7(11)6-4-9(10(12)13)14-8(6)3-5/h4-5H,2-3H2,1H3,(H,12,13). The molecule has 4 nitrogen and oxygen atoms in total. The lowest BCUT2D eigenvalue weighted by Gasteiger charge is -2.14. The average molecular weight is 194 g/mol. The van der Waals surface area contributed by atoms with Gasteiger partial charge in [0.05, 0.1) is 5.56 Å². The number of carboxylic acid groups (broad SMARTS) is 1. The molecule has 0 fully saturated rings. The first-order valence-electron chi connectivity index (χ1n) is 4.47. The van der Waals surface area contributed by atoms with Crippen LogP contribution in [0.3, 0.4) is 0 Å². The van der Waals surface area contributed by atoms with Crippen molar-refractivity contribution >= 4 is 11.8 Å². The average Bonchev–Trinajstić information content (AvgIpc) is 2.47. The van der Waals surface area contributed by atoms with Crippen molar-refractivity contribution in [1.82, 2.24) is 0 Å². The van der Waals surface area contributed by atoms with Gasteiger partial charge in [0.15, 0.2) is 5.78 Å². The highest BCUT2D eigenvalue weighted by Crippen LogP contribution is 2.27. The lowest BCUT2D eigenvalue weighted by atomic mass is 9.89. The van der Waals surface area contributed by atoms with Crippen LogP contribution in [-0.4, -0.2) is 16.9 Å². The number of aromatic carboxylic acids is 1. The Morgan fingerprint density at radius 1 is 1.57 bits per heavy atom. The Morgan fingerprint density at radius 3 is 2.93 bits per heavy atom. The van der Waals surface area contributed by atoms with Crippen LogP contribution in [-0.2, 0) is 6.42 Å². The molecule has 0 radical (unpaired) electrons. The largest absolute Gasteiger partial charge is 0.475 e. The van der Waals surface area contributed by atoms with Gasteiger partial charge in [0.1, 0.15) is 5.76 Å². The Bertz CT molecular complexity index is 402. The predicted molar refractivity (Wildman–Crippen MR) is 47.5 cm³/mol. The molecule has 0 aliphatic heterocycles. The summed E-state index contributed by atoms with van der Waals surface area (Å²) in [6.07, 6.45) is 1.12. The fourth-order valence-corrected chi connectivity index (χ4v) is 1.74. The van der Waals surface area contributed by atoms with Crippen molar-refractivity contribution in [1.29, 1.82) is 0 Å². The van der Waals surface area contributed by atoms with E-state index < -0.39 is 5.97 Å². The Hall–Kier alpha value is -1.58. The first kappa shape index (κ1) is 8.99. The summed E-state index contributed by atoms with van der Waals surface area (Å²) >= 11 is 0. The van der Waals surface area contributed by atoms with Gasteiger partial charge in [0.25, 0.3) is 0 Å². The molecule has 2 rings (SSSR count). The number of rotatable bonds is 1. The van der Waals surface area contributed by atoms with Gasteiger partial charge in [-0.05, 0) is 5.92 Å². The molecular weight excluding hydrogens is 184 g/mol. The third kappa shape index (κ3) is 1.32. The normalized spacial score (nSPS) is 20.6. The summed E-state index contributed by atoms with van der Waals surface area (Å²) in [4.78, 5) is 22.1. The monoisotopic (exact) mass is 194 g/mol. The summed E-state index contributed by atoms with van der Waals surface area (Å²) in [5, 5.41) is 8.68. The van der Waals surface area contributed by atoms with E-state index in [4.69, 9.17) is 9.52 Å². The number of carboxylic acids is 1. The second kappa shape index (κ2) is 2.97. The minimum atomic E-state index is -1.13. The van der Waals surface area contributed by atoms with E-state index in [9.17, 15) is 9.59 Å². The van der Waals surface area contributed by atoms with Gasteiger partial charge in [-0.25, -0.2) is 4.79 Å². The van der Waals surface area contributed by atoms with Crippen LogP contribution in [0.4, 0.5) is 0 Å². The molecule has 0 bridgehead atoms. The van der Waals surface area contributed by atoms with Gasteiger partial charge in [-0.15, -0.1) is 0 Å². The maximum Gasteiger partial charge on any atom is 0.371 e. The van der Waals surface area contributed by atoms with Crippen molar-refractivity contribution in [2.24, 2.45) is 5.92 Å². The lowest BCUT2D eigenvalue weighted by molar-refractivity contribution is 0.0659. The minimum absolute atomic E-state index is 0.0185. The highest BCUT2D eigenvalue weighted by Gasteiger charge is 2.27. The van der Waals surface area contributed by atoms with Gasteiger partial charge in [-0.1, -0.05) is 6.92 Å². The highest BCUT2D eigenvalue weighted by molar-refractivity contribution is 6.00. The molecule has 1 aromatic rings. The third-order valence-corrected chi connectivity index (χ3v) is 2.39. The Labute approximate surface area is 80.5 Å². The van der Waals surface area contributed by atoms with Gasteiger partial charge in [-0.3, -0.25) is 4.79 Å². The zero-order valence-corrected chi connectivity index (χ0v) is 7.74. The van der Waals surface area contributed by atoms with Gasteiger partial charge in [0.2, 0.25) is 5.76 Å². The summed E-state index contributed by atoms with van der Waals surface area (Å²) in [5.41, 5.74) is 0.445. The maximum atomic E-state index is 11.5. The van der Waals surface area contributed by atoms with Crippen LogP contribution in [0.25, 0.3) is 0 Å². The number of hydrogen-bond acceptors (Lipinski definition) is 3. The molecule has 1 heterocycles. The summed E-state index contributed by atoms with van der Waals surface area (Å²) in [7, 11) is 0. The van der Waals surface area contributed by atoms with Crippen LogP contribution >= 0.6 is 0 Å². The Balaban J connectivity index is 2.45. The zero-order chi connectivity index (χ0) is 10.3. The van der Waals surface area contributed by atoms with E-state index in [1.807, 2.05) is 6.92 Å². The SMILES string of the molecule is CC1CC(=O)c2cc(C(=O)O)oc2C1. The van der Waals surface area contributed by atoms with Crippen LogP contribution in [0.1, 0.15) is 40.0 Å². The van der Waals surface area contributed by atoms with Crippen LogP contribution in [0, 0.1) is 5.92 Å². The number of Topliss-reactive ketones (excluding diaryl/α,β-unsaturated/α-hetero) is 1. The van der Waals surface area contributed by atoms with Gasteiger partial charge >= 0.3 is 5.97 Å². The fourth-order valence-electron chi connectivity index (χ4n) is 1.74. The number of carbonyl (C=O) groups excluding carboxylic acids is 1. The third-order valence-electron chi connectivity index (χ3n) is 2.39. The molecule has 4 heteroatoms. The number of furan rings is 1. The number of hydrogen-bond donors (Lipinski definition) is 1. The van der Waals surface area contributed by atoms with Crippen LogP contribution in [0.2, 0.25) is 0 Å². The molecule has 1 aliphatic carbocycles. The first-order valence-corrected chi connectivity index (χ1v) is 4.47. The molecule has 14 heavy (non-hydrogen) atoms. The number of ketones is 1. The van der Waals surface area contributed by atoms with Crippen LogP contribution in [0.15, 0.2) is 10.5 Å². The molecule has 1 aliphatic rings. The molecule has 0 amide bonds.